The van der Waals surface area contributed by atoms with E-state index >= 15 is 0 Å². The molecule has 1 saturated heterocycles. The molecule has 2 heteroatoms. The van der Waals surface area contributed by atoms with Crippen molar-refractivity contribution in [3.05, 3.63) is 35.4 Å². The summed E-state index contributed by atoms with van der Waals surface area (Å²) in [5.74, 6) is 0. The number of piperidine rings is 1. The highest BCUT2D eigenvalue weighted by Gasteiger charge is 2.34. The summed E-state index contributed by atoms with van der Waals surface area (Å²) < 4.78 is 0. The van der Waals surface area contributed by atoms with Crippen LogP contribution < -0.4 is 10.6 Å². The summed E-state index contributed by atoms with van der Waals surface area (Å²) in [6.07, 6.45) is 3.74. The Morgan fingerprint density at radius 3 is 2.53 bits per heavy atom. The molecule has 0 bridgehead atoms. The van der Waals surface area contributed by atoms with Crippen LogP contribution in [0.4, 0.5) is 0 Å². The molecule has 0 atom stereocenters. The first-order chi connectivity index (χ1) is 7.38. The first kappa shape index (κ1) is 9.37. The summed E-state index contributed by atoms with van der Waals surface area (Å²) in [6.45, 7) is 3.38. The Bertz CT molecular complexity index is 353. The fraction of sp³-hybridized carbons (Fsp3) is 0.538. The standard InChI is InChI=1S/C13H18N2/c1-2-4-12-10-15-13(9-11(12)3-1)5-7-14-8-6-13/h1-4,14-15H,5-10H2. The molecule has 80 valence electrons. The second-order valence-electron chi connectivity index (χ2n) is 4.83. The summed E-state index contributed by atoms with van der Waals surface area (Å²) in [5, 5.41) is 7.19. The number of benzene rings is 1. The van der Waals surface area contributed by atoms with E-state index in [2.05, 4.69) is 34.9 Å². The lowest BCUT2D eigenvalue weighted by Crippen LogP contribution is -2.55. The predicted molar refractivity (Wildman–Crippen MR) is 61.8 cm³/mol. The van der Waals surface area contributed by atoms with Crippen molar-refractivity contribution < 1.29 is 0 Å². The quantitative estimate of drug-likeness (QED) is 0.665. The van der Waals surface area contributed by atoms with Gasteiger partial charge in [-0.05, 0) is 43.5 Å². The van der Waals surface area contributed by atoms with Crippen LogP contribution in [0, 0.1) is 0 Å². The maximum atomic E-state index is 3.75. The molecule has 1 fully saturated rings. The molecular weight excluding hydrogens is 184 g/mol. The first-order valence-electron chi connectivity index (χ1n) is 5.91. The molecule has 0 aliphatic carbocycles. The normalized spacial score (nSPS) is 23.7. The summed E-state index contributed by atoms with van der Waals surface area (Å²) in [5.41, 5.74) is 3.43. The number of rotatable bonds is 0. The summed E-state index contributed by atoms with van der Waals surface area (Å²) >= 11 is 0. The minimum absolute atomic E-state index is 0.388. The lowest BCUT2D eigenvalue weighted by Gasteiger charge is -2.42. The fourth-order valence-corrected chi connectivity index (χ4v) is 2.87. The van der Waals surface area contributed by atoms with Crippen molar-refractivity contribution in [1.82, 2.24) is 10.6 Å². The number of nitrogens with one attached hydrogen (secondary N) is 2. The molecule has 1 spiro atoms. The Balaban J connectivity index is 1.87. The van der Waals surface area contributed by atoms with Gasteiger partial charge in [-0.3, -0.25) is 0 Å². The van der Waals surface area contributed by atoms with E-state index in [1.807, 2.05) is 0 Å². The van der Waals surface area contributed by atoms with Gasteiger partial charge in [0.2, 0.25) is 0 Å². The molecule has 0 amide bonds. The molecule has 3 rings (SSSR count). The van der Waals surface area contributed by atoms with Crippen molar-refractivity contribution in [2.24, 2.45) is 0 Å². The van der Waals surface area contributed by atoms with Crippen molar-refractivity contribution in [3.63, 3.8) is 0 Å². The van der Waals surface area contributed by atoms with E-state index in [0.717, 1.165) is 19.6 Å². The first-order valence-corrected chi connectivity index (χ1v) is 5.91. The Morgan fingerprint density at radius 1 is 1.00 bits per heavy atom. The maximum Gasteiger partial charge on any atom is 0.0249 e. The van der Waals surface area contributed by atoms with E-state index in [4.69, 9.17) is 0 Å². The average Bonchev–Trinajstić information content (AvgIpc) is 2.30. The highest BCUT2D eigenvalue weighted by molar-refractivity contribution is 5.31. The van der Waals surface area contributed by atoms with E-state index in [9.17, 15) is 0 Å². The summed E-state index contributed by atoms with van der Waals surface area (Å²) in [4.78, 5) is 0. The third-order valence-corrected chi connectivity index (χ3v) is 3.86. The molecule has 1 aromatic rings. The lowest BCUT2D eigenvalue weighted by molar-refractivity contribution is 0.227. The van der Waals surface area contributed by atoms with E-state index in [0.29, 0.717) is 5.54 Å². The smallest absolute Gasteiger partial charge is 0.0249 e. The van der Waals surface area contributed by atoms with Gasteiger partial charge in [-0.25, -0.2) is 0 Å². The maximum absolute atomic E-state index is 3.75. The highest BCUT2D eigenvalue weighted by atomic mass is 15.0. The van der Waals surface area contributed by atoms with Crippen LogP contribution in [0.25, 0.3) is 0 Å². The Kier molecular flexibility index (Phi) is 2.26. The Morgan fingerprint density at radius 2 is 1.73 bits per heavy atom. The van der Waals surface area contributed by atoms with Crippen LogP contribution in [0.1, 0.15) is 24.0 Å². The van der Waals surface area contributed by atoms with Crippen molar-refractivity contribution in [2.45, 2.75) is 31.3 Å². The molecule has 2 aliphatic rings. The second-order valence-corrected chi connectivity index (χ2v) is 4.83. The van der Waals surface area contributed by atoms with Crippen LogP contribution >= 0.6 is 0 Å². The fourth-order valence-electron chi connectivity index (χ4n) is 2.87. The van der Waals surface area contributed by atoms with Gasteiger partial charge in [-0.2, -0.15) is 0 Å². The number of fused-ring (bicyclic) bond motifs is 1. The van der Waals surface area contributed by atoms with Gasteiger partial charge >= 0.3 is 0 Å². The van der Waals surface area contributed by atoms with Crippen LogP contribution in [0.3, 0.4) is 0 Å². The van der Waals surface area contributed by atoms with Crippen LogP contribution in [0.5, 0.6) is 0 Å². The van der Waals surface area contributed by atoms with E-state index in [1.165, 1.54) is 24.8 Å². The third-order valence-electron chi connectivity index (χ3n) is 3.86. The van der Waals surface area contributed by atoms with Gasteiger partial charge in [0.1, 0.15) is 0 Å². The number of hydrogen-bond donors (Lipinski definition) is 2. The third kappa shape index (κ3) is 1.68. The number of hydrogen-bond acceptors (Lipinski definition) is 2. The van der Waals surface area contributed by atoms with E-state index in [-0.39, 0.29) is 0 Å². The molecule has 2 nitrogen and oxygen atoms in total. The minimum atomic E-state index is 0.388. The van der Waals surface area contributed by atoms with Crippen molar-refractivity contribution >= 4 is 0 Å². The van der Waals surface area contributed by atoms with Crippen molar-refractivity contribution in [3.8, 4) is 0 Å². The molecule has 2 heterocycles. The second kappa shape index (κ2) is 3.62. The van der Waals surface area contributed by atoms with Crippen LogP contribution in [0.15, 0.2) is 24.3 Å². The van der Waals surface area contributed by atoms with Crippen molar-refractivity contribution in [2.75, 3.05) is 13.1 Å². The van der Waals surface area contributed by atoms with Gasteiger partial charge in [0, 0.05) is 12.1 Å². The molecule has 1 aromatic carbocycles. The molecule has 2 N–H and O–H groups in total. The minimum Gasteiger partial charge on any atom is -0.317 e. The van der Waals surface area contributed by atoms with Crippen molar-refractivity contribution in [1.29, 1.82) is 0 Å². The van der Waals surface area contributed by atoms with E-state index < -0.39 is 0 Å². The molecule has 0 radical (unpaired) electrons. The zero-order valence-electron chi connectivity index (χ0n) is 9.05. The highest BCUT2D eigenvalue weighted by Crippen LogP contribution is 2.29. The molecule has 15 heavy (non-hydrogen) atoms. The molecular formula is C13H18N2. The van der Waals surface area contributed by atoms with Gasteiger partial charge in [0.25, 0.3) is 0 Å². The van der Waals surface area contributed by atoms with Crippen LogP contribution in [0.2, 0.25) is 0 Å². The summed E-state index contributed by atoms with van der Waals surface area (Å²) in [7, 11) is 0. The monoisotopic (exact) mass is 202 g/mol. The topological polar surface area (TPSA) is 24.1 Å². The Labute approximate surface area is 91.1 Å². The lowest BCUT2D eigenvalue weighted by atomic mass is 9.78. The van der Waals surface area contributed by atoms with Gasteiger partial charge in [0.05, 0.1) is 0 Å². The van der Waals surface area contributed by atoms with Crippen LogP contribution in [-0.2, 0) is 13.0 Å². The van der Waals surface area contributed by atoms with Crippen LogP contribution in [-0.4, -0.2) is 18.6 Å². The Hall–Kier alpha value is -0.860. The summed E-state index contributed by atoms with van der Waals surface area (Å²) in [6, 6.07) is 8.84. The molecule has 0 aromatic heterocycles. The largest absolute Gasteiger partial charge is 0.317 e. The average molecular weight is 202 g/mol. The van der Waals surface area contributed by atoms with Gasteiger partial charge in [-0.1, -0.05) is 24.3 Å². The molecule has 2 aliphatic heterocycles. The van der Waals surface area contributed by atoms with Gasteiger partial charge in [0.15, 0.2) is 0 Å². The molecule has 0 unspecified atom stereocenters. The zero-order valence-corrected chi connectivity index (χ0v) is 9.05. The molecule has 0 saturated carbocycles. The van der Waals surface area contributed by atoms with E-state index in [1.54, 1.807) is 5.56 Å². The van der Waals surface area contributed by atoms with Gasteiger partial charge in [-0.15, -0.1) is 0 Å². The predicted octanol–water partition coefficient (Wildman–Crippen LogP) is 1.45. The SMILES string of the molecule is c1ccc2c(c1)CNC1(CCNCC1)C2. The zero-order chi connectivity index (χ0) is 10.1. The van der Waals surface area contributed by atoms with Gasteiger partial charge < -0.3 is 10.6 Å².